The molecule has 1 nitrogen and oxygen atoms in total. The molecule has 0 saturated heterocycles. The monoisotopic (exact) mass is 282 g/mol. The second kappa shape index (κ2) is 4.18. The molecule has 2 rings (SSSR count). The Bertz CT molecular complexity index is 459. The van der Waals surface area contributed by atoms with Crippen LogP contribution in [0.2, 0.25) is 10.0 Å². The van der Waals surface area contributed by atoms with E-state index in [-0.39, 0.29) is 15.8 Å². The molecule has 6 heteroatoms. The number of halogens is 5. The SMILES string of the molecule is O=C1CCC1c1c(Cl)cc(C(F)(F)F)cc1Cl. The van der Waals surface area contributed by atoms with E-state index in [2.05, 4.69) is 0 Å². The fourth-order valence-corrected chi connectivity index (χ4v) is 2.54. The third-order valence-corrected chi connectivity index (χ3v) is 3.45. The van der Waals surface area contributed by atoms with E-state index in [9.17, 15) is 18.0 Å². The predicted molar refractivity (Wildman–Crippen MR) is 58.4 cm³/mol. The molecule has 17 heavy (non-hydrogen) atoms. The van der Waals surface area contributed by atoms with Gasteiger partial charge in [0.2, 0.25) is 0 Å². The second-order valence-electron chi connectivity index (χ2n) is 3.91. The highest BCUT2D eigenvalue weighted by Crippen LogP contribution is 2.43. The molecular formula is C11H7Cl2F3O. The smallest absolute Gasteiger partial charge is 0.299 e. The van der Waals surface area contributed by atoms with Crippen LogP contribution in [0.1, 0.15) is 29.9 Å². The average molecular weight is 283 g/mol. The first kappa shape index (κ1) is 12.7. The highest BCUT2D eigenvalue weighted by molar-refractivity contribution is 6.36. The van der Waals surface area contributed by atoms with E-state index in [1.165, 1.54) is 0 Å². The Labute approximate surface area is 106 Å². The number of carbonyl (C=O) groups is 1. The lowest BCUT2D eigenvalue weighted by Gasteiger charge is -2.26. The Balaban J connectivity index is 2.46. The van der Waals surface area contributed by atoms with E-state index in [1.54, 1.807) is 0 Å². The van der Waals surface area contributed by atoms with Gasteiger partial charge in [0.1, 0.15) is 5.78 Å². The standard InChI is InChI=1S/C11H7Cl2F3O/c12-7-3-5(11(14,15)16)4-8(13)10(7)6-1-2-9(6)17/h3-4,6H,1-2H2. The van der Waals surface area contributed by atoms with Crippen LogP contribution in [0.25, 0.3) is 0 Å². The molecule has 1 atom stereocenters. The van der Waals surface area contributed by atoms with Crippen LogP contribution in [-0.2, 0) is 11.0 Å². The number of carbonyl (C=O) groups excluding carboxylic acids is 1. The zero-order valence-corrected chi connectivity index (χ0v) is 9.96. The number of hydrogen-bond acceptors (Lipinski definition) is 1. The van der Waals surface area contributed by atoms with Crippen molar-refractivity contribution in [1.29, 1.82) is 0 Å². The van der Waals surface area contributed by atoms with Crippen LogP contribution in [0.3, 0.4) is 0 Å². The van der Waals surface area contributed by atoms with Crippen LogP contribution in [-0.4, -0.2) is 5.78 Å². The Morgan fingerprint density at radius 3 is 2.00 bits per heavy atom. The Kier molecular flexibility index (Phi) is 3.12. The zero-order valence-electron chi connectivity index (χ0n) is 8.44. The maximum Gasteiger partial charge on any atom is 0.416 e. The molecule has 0 aromatic heterocycles. The summed E-state index contributed by atoms with van der Waals surface area (Å²) in [6.07, 6.45) is -3.47. The summed E-state index contributed by atoms with van der Waals surface area (Å²) in [5.41, 5.74) is -0.583. The summed E-state index contributed by atoms with van der Waals surface area (Å²) in [4.78, 5) is 11.3. The lowest BCUT2D eigenvalue weighted by molar-refractivity contribution is -0.137. The molecule has 1 fully saturated rings. The summed E-state index contributed by atoms with van der Waals surface area (Å²) in [6.45, 7) is 0. The molecule has 0 aliphatic heterocycles. The fraction of sp³-hybridized carbons (Fsp3) is 0.364. The predicted octanol–water partition coefficient (Wildman–Crippen LogP) is 4.46. The van der Waals surface area contributed by atoms with Crippen LogP contribution in [0, 0.1) is 0 Å². The van der Waals surface area contributed by atoms with Crippen LogP contribution in [0.15, 0.2) is 12.1 Å². The summed E-state index contributed by atoms with van der Waals surface area (Å²) in [5, 5.41) is -0.189. The first-order chi connectivity index (χ1) is 7.80. The van der Waals surface area contributed by atoms with E-state index in [1.807, 2.05) is 0 Å². The van der Waals surface area contributed by atoms with Gasteiger partial charge in [0.25, 0.3) is 0 Å². The van der Waals surface area contributed by atoms with Crippen LogP contribution in [0.5, 0.6) is 0 Å². The van der Waals surface area contributed by atoms with Crippen molar-refractivity contribution in [2.45, 2.75) is 24.9 Å². The van der Waals surface area contributed by atoms with Gasteiger partial charge in [-0.15, -0.1) is 0 Å². The Morgan fingerprint density at radius 1 is 1.18 bits per heavy atom. The van der Waals surface area contributed by atoms with Gasteiger partial charge in [-0.05, 0) is 24.1 Å². The van der Waals surface area contributed by atoms with Crippen LogP contribution < -0.4 is 0 Å². The minimum Gasteiger partial charge on any atom is -0.299 e. The topological polar surface area (TPSA) is 17.1 Å². The van der Waals surface area contributed by atoms with Crippen LogP contribution in [0.4, 0.5) is 13.2 Å². The van der Waals surface area contributed by atoms with Gasteiger partial charge in [0.15, 0.2) is 0 Å². The van der Waals surface area contributed by atoms with Gasteiger partial charge in [-0.1, -0.05) is 23.2 Å². The average Bonchev–Trinajstić information content (AvgIpc) is 2.19. The largest absolute Gasteiger partial charge is 0.416 e. The van der Waals surface area contributed by atoms with Gasteiger partial charge in [-0.2, -0.15) is 13.2 Å². The van der Waals surface area contributed by atoms with Crippen molar-refractivity contribution < 1.29 is 18.0 Å². The molecule has 1 aliphatic carbocycles. The van der Waals surface area contributed by atoms with E-state index in [0.717, 1.165) is 12.1 Å². The third-order valence-electron chi connectivity index (χ3n) is 2.82. The van der Waals surface area contributed by atoms with Gasteiger partial charge in [0.05, 0.1) is 5.56 Å². The summed E-state index contributed by atoms with van der Waals surface area (Å²) in [5.74, 6) is -0.481. The minimum absolute atomic E-state index is 0.0337. The molecule has 1 unspecified atom stereocenters. The maximum absolute atomic E-state index is 12.5. The van der Waals surface area contributed by atoms with Crippen molar-refractivity contribution in [1.82, 2.24) is 0 Å². The molecule has 0 amide bonds. The molecular weight excluding hydrogens is 276 g/mol. The number of rotatable bonds is 1. The van der Waals surface area contributed by atoms with Gasteiger partial charge in [0, 0.05) is 22.4 Å². The van der Waals surface area contributed by atoms with Crippen molar-refractivity contribution in [2.75, 3.05) is 0 Å². The van der Waals surface area contributed by atoms with Crippen molar-refractivity contribution in [3.8, 4) is 0 Å². The quantitative estimate of drug-likeness (QED) is 0.743. The van der Waals surface area contributed by atoms with Gasteiger partial charge < -0.3 is 0 Å². The molecule has 0 N–H and O–H groups in total. The van der Waals surface area contributed by atoms with Crippen molar-refractivity contribution in [2.24, 2.45) is 0 Å². The summed E-state index contributed by atoms with van der Waals surface area (Å²) >= 11 is 11.6. The minimum atomic E-state index is -4.49. The first-order valence-electron chi connectivity index (χ1n) is 4.89. The molecule has 92 valence electrons. The molecule has 1 saturated carbocycles. The lowest BCUT2D eigenvalue weighted by atomic mass is 9.78. The Hall–Kier alpha value is -0.740. The molecule has 1 aromatic carbocycles. The maximum atomic E-state index is 12.5. The van der Waals surface area contributed by atoms with Gasteiger partial charge >= 0.3 is 6.18 Å². The molecule has 0 bridgehead atoms. The molecule has 0 radical (unpaired) electrons. The normalized spacial score (nSPS) is 20.3. The molecule has 0 spiro atoms. The fourth-order valence-electron chi connectivity index (χ4n) is 1.79. The van der Waals surface area contributed by atoms with Gasteiger partial charge in [-0.25, -0.2) is 0 Å². The van der Waals surface area contributed by atoms with E-state index in [0.29, 0.717) is 18.4 Å². The highest BCUT2D eigenvalue weighted by atomic mass is 35.5. The third kappa shape index (κ3) is 2.29. The molecule has 0 heterocycles. The van der Waals surface area contributed by atoms with Gasteiger partial charge in [-0.3, -0.25) is 4.79 Å². The number of benzene rings is 1. The highest BCUT2D eigenvalue weighted by Gasteiger charge is 2.36. The van der Waals surface area contributed by atoms with Crippen molar-refractivity contribution in [3.05, 3.63) is 33.3 Å². The van der Waals surface area contributed by atoms with E-state index in [4.69, 9.17) is 23.2 Å². The number of ketones is 1. The lowest BCUT2D eigenvalue weighted by Crippen LogP contribution is -2.24. The zero-order chi connectivity index (χ0) is 12.8. The summed E-state index contributed by atoms with van der Waals surface area (Å²) in [7, 11) is 0. The number of Topliss-reactive ketones (excluding diaryl/α,β-unsaturated/α-hetero) is 1. The van der Waals surface area contributed by atoms with Crippen LogP contribution >= 0.6 is 23.2 Å². The number of alkyl halides is 3. The second-order valence-corrected chi connectivity index (χ2v) is 4.72. The van der Waals surface area contributed by atoms with E-state index < -0.39 is 17.7 Å². The summed E-state index contributed by atoms with van der Waals surface area (Å²) in [6, 6.07) is 1.63. The molecule has 1 aliphatic rings. The first-order valence-corrected chi connectivity index (χ1v) is 5.65. The van der Waals surface area contributed by atoms with Crippen molar-refractivity contribution >= 4 is 29.0 Å². The van der Waals surface area contributed by atoms with E-state index >= 15 is 0 Å². The van der Waals surface area contributed by atoms with Crippen molar-refractivity contribution in [3.63, 3.8) is 0 Å². The number of hydrogen-bond donors (Lipinski definition) is 0. The molecule has 1 aromatic rings. The summed E-state index contributed by atoms with van der Waals surface area (Å²) < 4.78 is 37.4. The Morgan fingerprint density at radius 2 is 1.71 bits per heavy atom.